The van der Waals surface area contributed by atoms with E-state index < -0.39 is 5.92 Å². The van der Waals surface area contributed by atoms with Crippen molar-refractivity contribution in [2.45, 2.75) is 45.0 Å². The first-order valence-corrected chi connectivity index (χ1v) is 12.2. The second-order valence-electron chi connectivity index (χ2n) is 10.6. The van der Waals surface area contributed by atoms with E-state index in [0.29, 0.717) is 6.42 Å². The number of rotatable bonds is 2. The maximum Gasteiger partial charge on any atom is 0.273 e. The Labute approximate surface area is 204 Å². The number of halogens is 2. The lowest BCUT2D eigenvalue weighted by Gasteiger charge is -2.23. The largest absolute Gasteiger partial charge is 0.273 e. The average Bonchev–Trinajstić information content (AvgIpc) is 3.15. The molecule has 1 aliphatic rings. The zero-order valence-corrected chi connectivity index (χ0v) is 20.2. The van der Waals surface area contributed by atoms with Crippen molar-refractivity contribution in [1.29, 1.82) is 0 Å². The molecule has 174 valence electrons. The molecule has 0 unspecified atom stereocenters. The van der Waals surface area contributed by atoms with Gasteiger partial charge in [0.25, 0.3) is 5.92 Å². The van der Waals surface area contributed by atoms with E-state index in [9.17, 15) is 8.78 Å². The molecule has 0 N–H and O–H groups in total. The van der Waals surface area contributed by atoms with Gasteiger partial charge in [-0.3, -0.25) is 0 Å². The number of aromatic nitrogens is 1. The van der Waals surface area contributed by atoms with Crippen molar-refractivity contribution < 1.29 is 8.78 Å². The topological polar surface area (TPSA) is 12.9 Å². The summed E-state index contributed by atoms with van der Waals surface area (Å²) in [6.45, 7) is 6.70. The average molecular weight is 464 g/mol. The van der Waals surface area contributed by atoms with Crippen LogP contribution in [-0.2, 0) is 17.8 Å². The first-order chi connectivity index (χ1) is 16.7. The van der Waals surface area contributed by atoms with Crippen LogP contribution in [0.5, 0.6) is 0 Å². The first kappa shape index (κ1) is 21.9. The smallest absolute Gasteiger partial charge is 0.248 e. The standard InChI is InChI=1S/C32H27F2N/c1-31(2,3)28-18-23(17-20-8-4-5-9-24(20)28)30-19-26(25-10-6-7-11-29(25)35-30)21-12-13-27-22(16-21)14-15-32(27,33)34/h4-13,16-19H,14-15H2,1-3H3. The van der Waals surface area contributed by atoms with E-state index in [4.69, 9.17) is 4.98 Å². The zero-order valence-electron chi connectivity index (χ0n) is 20.2. The summed E-state index contributed by atoms with van der Waals surface area (Å²) in [5, 5.41) is 3.47. The summed E-state index contributed by atoms with van der Waals surface area (Å²) in [7, 11) is 0. The lowest BCUT2D eigenvalue weighted by Crippen LogP contribution is -2.12. The molecule has 0 bridgehead atoms. The molecule has 5 aromatic rings. The Bertz CT molecular complexity index is 1610. The van der Waals surface area contributed by atoms with Gasteiger partial charge in [0.15, 0.2) is 0 Å². The van der Waals surface area contributed by atoms with Crippen LogP contribution in [0.4, 0.5) is 8.78 Å². The Morgan fingerprint density at radius 2 is 1.51 bits per heavy atom. The highest BCUT2D eigenvalue weighted by atomic mass is 19.3. The number of aryl methyl sites for hydroxylation is 1. The van der Waals surface area contributed by atoms with E-state index in [2.05, 4.69) is 69.3 Å². The molecule has 0 aliphatic heterocycles. The van der Waals surface area contributed by atoms with Crippen LogP contribution in [-0.4, -0.2) is 4.98 Å². The van der Waals surface area contributed by atoms with E-state index in [1.807, 2.05) is 30.3 Å². The Morgan fingerprint density at radius 3 is 2.31 bits per heavy atom. The monoisotopic (exact) mass is 463 g/mol. The molecule has 1 heterocycles. The van der Waals surface area contributed by atoms with Crippen LogP contribution in [0.3, 0.4) is 0 Å². The molecule has 0 atom stereocenters. The molecule has 0 radical (unpaired) electrons. The summed E-state index contributed by atoms with van der Waals surface area (Å²) < 4.78 is 28.5. The van der Waals surface area contributed by atoms with Crippen molar-refractivity contribution in [2.24, 2.45) is 0 Å². The predicted molar refractivity (Wildman–Crippen MR) is 141 cm³/mol. The third-order valence-corrected chi connectivity index (χ3v) is 7.20. The van der Waals surface area contributed by atoms with Crippen molar-refractivity contribution in [3.63, 3.8) is 0 Å². The summed E-state index contributed by atoms with van der Waals surface area (Å²) >= 11 is 0. The lowest BCUT2D eigenvalue weighted by molar-refractivity contribution is -0.00183. The first-order valence-electron chi connectivity index (χ1n) is 12.2. The number of benzene rings is 4. The van der Waals surface area contributed by atoms with Crippen molar-refractivity contribution in [1.82, 2.24) is 4.98 Å². The number of hydrogen-bond acceptors (Lipinski definition) is 1. The van der Waals surface area contributed by atoms with E-state index in [-0.39, 0.29) is 17.4 Å². The lowest BCUT2D eigenvalue weighted by atomic mass is 9.82. The van der Waals surface area contributed by atoms with Gasteiger partial charge in [0.1, 0.15) is 0 Å². The van der Waals surface area contributed by atoms with Crippen molar-refractivity contribution >= 4 is 21.7 Å². The maximum atomic E-state index is 14.3. The minimum Gasteiger partial charge on any atom is -0.248 e. The number of pyridine rings is 1. The van der Waals surface area contributed by atoms with Gasteiger partial charge >= 0.3 is 0 Å². The van der Waals surface area contributed by atoms with E-state index in [0.717, 1.165) is 38.9 Å². The summed E-state index contributed by atoms with van der Waals surface area (Å²) in [4.78, 5) is 5.04. The molecule has 35 heavy (non-hydrogen) atoms. The molecule has 6 rings (SSSR count). The molecular formula is C32H27F2N. The van der Waals surface area contributed by atoms with E-state index >= 15 is 0 Å². The molecule has 1 aromatic heterocycles. The molecule has 1 aliphatic carbocycles. The number of para-hydroxylation sites is 1. The van der Waals surface area contributed by atoms with Gasteiger partial charge in [0.2, 0.25) is 0 Å². The van der Waals surface area contributed by atoms with Gasteiger partial charge in [-0.2, -0.15) is 0 Å². The van der Waals surface area contributed by atoms with Crippen LogP contribution < -0.4 is 0 Å². The fourth-order valence-corrected chi connectivity index (χ4v) is 5.39. The van der Waals surface area contributed by atoms with E-state index in [1.165, 1.54) is 16.3 Å². The molecule has 1 nitrogen and oxygen atoms in total. The summed E-state index contributed by atoms with van der Waals surface area (Å²) in [6.07, 6.45) is 0.298. The van der Waals surface area contributed by atoms with Gasteiger partial charge < -0.3 is 0 Å². The molecule has 3 heteroatoms. The molecule has 0 saturated heterocycles. The zero-order chi connectivity index (χ0) is 24.4. The molecule has 0 saturated carbocycles. The third-order valence-electron chi connectivity index (χ3n) is 7.20. The molecule has 0 amide bonds. The quantitative estimate of drug-likeness (QED) is 0.254. The minimum atomic E-state index is -2.73. The van der Waals surface area contributed by atoms with Gasteiger partial charge in [-0.25, -0.2) is 13.8 Å². The van der Waals surface area contributed by atoms with Gasteiger partial charge in [0, 0.05) is 22.9 Å². The second kappa shape index (κ2) is 7.71. The molecule has 0 fully saturated rings. The number of alkyl halides is 2. The highest BCUT2D eigenvalue weighted by Gasteiger charge is 2.39. The Balaban J connectivity index is 1.59. The van der Waals surface area contributed by atoms with Crippen LogP contribution in [0.15, 0.2) is 84.9 Å². The number of hydrogen-bond donors (Lipinski definition) is 0. The van der Waals surface area contributed by atoms with Gasteiger partial charge in [0.05, 0.1) is 11.2 Å². The van der Waals surface area contributed by atoms with E-state index in [1.54, 1.807) is 6.07 Å². The van der Waals surface area contributed by atoms with Crippen molar-refractivity contribution in [2.75, 3.05) is 0 Å². The molecule has 4 aromatic carbocycles. The van der Waals surface area contributed by atoms with Crippen LogP contribution in [0.25, 0.3) is 44.1 Å². The SMILES string of the molecule is CC(C)(C)c1cc(-c2cc(-c3ccc4c(c3)CCC4(F)F)c3ccccc3n2)cc2ccccc12. The van der Waals surface area contributed by atoms with Crippen molar-refractivity contribution in [3.05, 3.63) is 102 Å². The summed E-state index contributed by atoms with van der Waals surface area (Å²) in [5.74, 6) is -2.73. The second-order valence-corrected chi connectivity index (χ2v) is 10.6. The predicted octanol–water partition coefficient (Wildman–Crippen LogP) is 9.06. The van der Waals surface area contributed by atoms with Crippen LogP contribution >= 0.6 is 0 Å². The normalized spacial score (nSPS) is 15.0. The molecular weight excluding hydrogens is 436 g/mol. The minimum absolute atomic E-state index is 0.0273. The fourth-order valence-electron chi connectivity index (χ4n) is 5.39. The summed E-state index contributed by atoms with van der Waals surface area (Å²) in [6, 6.07) is 28.5. The Morgan fingerprint density at radius 1 is 0.771 bits per heavy atom. The van der Waals surface area contributed by atoms with Crippen LogP contribution in [0, 0.1) is 0 Å². The van der Waals surface area contributed by atoms with Crippen molar-refractivity contribution in [3.8, 4) is 22.4 Å². The Hall–Kier alpha value is -3.59. The summed E-state index contributed by atoms with van der Waals surface area (Å²) in [5.41, 5.74) is 7.00. The fraction of sp³-hybridized carbons (Fsp3) is 0.219. The maximum absolute atomic E-state index is 14.3. The van der Waals surface area contributed by atoms with Gasteiger partial charge in [-0.05, 0) is 69.1 Å². The number of nitrogens with zero attached hydrogens (tertiary/aromatic N) is 1. The third kappa shape index (κ3) is 3.70. The highest BCUT2D eigenvalue weighted by Crippen LogP contribution is 2.44. The van der Waals surface area contributed by atoms with Gasteiger partial charge in [-0.1, -0.05) is 81.4 Å². The highest BCUT2D eigenvalue weighted by molar-refractivity contribution is 5.98. The van der Waals surface area contributed by atoms with Gasteiger partial charge in [-0.15, -0.1) is 0 Å². The van der Waals surface area contributed by atoms with Crippen LogP contribution in [0.2, 0.25) is 0 Å². The molecule has 0 spiro atoms. The van der Waals surface area contributed by atoms with Crippen LogP contribution in [0.1, 0.15) is 43.9 Å². The number of fused-ring (bicyclic) bond motifs is 3. The Kier molecular flexibility index (Phi) is 4.83.